The molecule has 1 saturated heterocycles. The molecule has 1 saturated carbocycles. The lowest BCUT2D eigenvalue weighted by Gasteiger charge is -2.25. The van der Waals surface area contributed by atoms with Crippen molar-refractivity contribution >= 4 is 22.9 Å². The van der Waals surface area contributed by atoms with Gasteiger partial charge in [0.05, 0.1) is 18.4 Å². The Balaban J connectivity index is 1.28. The number of aromatic nitrogens is 5. The van der Waals surface area contributed by atoms with E-state index in [1.807, 2.05) is 16.9 Å². The van der Waals surface area contributed by atoms with Gasteiger partial charge in [-0.25, -0.2) is 9.97 Å². The quantitative estimate of drug-likeness (QED) is 0.400. The lowest BCUT2D eigenvalue weighted by molar-refractivity contribution is 0.389. The SMILES string of the molecule is Cc1cccn2cc(CNc3cc(NCC4CCNCC4)nc4c(C5CCC5)cnn34)nc12. The van der Waals surface area contributed by atoms with E-state index in [9.17, 15) is 0 Å². The average molecular weight is 445 g/mol. The van der Waals surface area contributed by atoms with Crippen LogP contribution in [0.2, 0.25) is 0 Å². The van der Waals surface area contributed by atoms with E-state index in [4.69, 9.17) is 15.1 Å². The Bertz CT molecular complexity index is 1260. The molecular weight excluding hydrogens is 412 g/mol. The van der Waals surface area contributed by atoms with E-state index in [2.05, 4.69) is 51.7 Å². The molecule has 0 radical (unpaired) electrons. The second kappa shape index (κ2) is 8.67. The van der Waals surface area contributed by atoms with Crippen LogP contribution in [0.5, 0.6) is 0 Å². The van der Waals surface area contributed by atoms with E-state index >= 15 is 0 Å². The van der Waals surface area contributed by atoms with Crippen molar-refractivity contribution in [3.8, 4) is 0 Å². The fourth-order valence-corrected chi connectivity index (χ4v) is 5.01. The molecule has 8 nitrogen and oxygen atoms in total. The number of imidazole rings is 1. The third-order valence-corrected chi connectivity index (χ3v) is 7.25. The van der Waals surface area contributed by atoms with E-state index < -0.39 is 0 Å². The smallest absolute Gasteiger partial charge is 0.163 e. The molecule has 0 unspecified atom stereocenters. The molecular formula is C25H32N8. The lowest BCUT2D eigenvalue weighted by atomic mass is 9.81. The van der Waals surface area contributed by atoms with Crippen LogP contribution >= 0.6 is 0 Å². The molecule has 0 aromatic carbocycles. The normalized spacial score (nSPS) is 17.5. The van der Waals surface area contributed by atoms with E-state index in [1.54, 1.807) is 0 Å². The summed E-state index contributed by atoms with van der Waals surface area (Å²) < 4.78 is 4.05. The van der Waals surface area contributed by atoms with Crippen molar-refractivity contribution in [2.24, 2.45) is 5.92 Å². The van der Waals surface area contributed by atoms with Crippen molar-refractivity contribution in [2.75, 3.05) is 30.3 Å². The van der Waals surface area contributed by atoms with Gasteiger partial charge in [0.1, 0.15) is 17.3 Å². The van der Waals surface area contributed by atoms with Gasteiger partial charge < -0.3 is 20.4 Å². The molecule has 4 aromatic rings. The minimum absolute atomic E-state index is 0.587. The number of aryl methyl sites for hydroxylation is 1. The van der Waals surface area contributed by atoms with Crippen molar-refractivity contribution < 1.29 is 0 Å². The van der Waals surface area contributed by atoms with Crippen LogP contribution in [-0.2, 0) is 6.54 Å². The Kier molecular flexibility index (Phi) is 5.38. The van der Waals surface area contributed by atoms with E-state index in [0.29, 0.717) is 18.4 Å². The second-order valence-electron chi connectivity index (χ2n) is 9.57. The van der Waals surface area contributed by atoms with Crippen molar-refractivity contribution in [2.45, 2.75) is 51.5 Å². The Morgan fingerprint density at radius 2 is 1.97 bits per heavy atom. The van der Waals surface area contributed by atoms with Gasteiger partial charge in [0.25, 0.3) is 0 Å². The van der Waals surface area contributed by atoms with Crippen LogP contribution in [0.15, 0.2) is 36.8 Å². The Morgan fingerprint density at radius 1 is 1.09 bits per heavy atom. The van der Waals surface area contributed by atoms with Gasteiger partial charge in [-0.05, 0) is 69.2 Å². The third-order valence-electron chi connectivity index (χ3n) is 7.25. The van der Waals surface area contributed by atoms with Gasteiger partial charge in [-0.1, -0.05) is 12.5 Å². The third kappa shape index (κ3) is 4.04. The van der Waals surface area contributed by atoms with Crippen molar-refractivity contribution in [3.05, 3.63) is 53.6 Å². The van der Waals surface area contributed by atoms with Crippen LogP contribution in [0.4, 0.5) is 11.6 Å². The molecule has 2 aliphatic rings. The van der Waals surface area contributed by atoms with Crippen LogP contribution in [0.3, 0.4) is 0 Å². The highest BCUT2D eigenvalue weighted by Gasteiger charge is 2.25. The summed E-state index contributed by atoms with van der Waals surface area (Å²) in [6.07, 6.45) is 12.4. The first-order chi connectivity index (χ1) is 16.2. The van der Waals surface area contributed by atoms with E-state index in [-0.39, 0.29) is 0 Å². The summed E-state index contributed by atoms with van der Waals surface area (Å²) >= 11 is 0. The van der Waals surface area contributed by atoms with Crippen molar-refractivity contribution in [1.29, 1.82) is 0 Å². The molecule has 0 atom stereocenters. The highest BCUT2D eigenvalue weighted by molar-refractivity contribution is 5.61. The molecule has 1 aliphatic carbocycles. The fourth-order valence-electron chi connectivity index (χ4n) is 5.01. The predicted molar refractivity (Wildman–Crippen MR) is 131 cm³/mol. The van der Waals surface area contributed by atoms with Gasteiger partial charge in [-0.15, -0.1) is 0 Å². The van der Waals surface area contributed by atoms with Crippen LogP contribution < -0.4 is 16.0 Å². The van der Waals surface area contributed by atoms with Crippen molar-refractivity contribution in [1.82, 2.24) is 29.3 Å². The molecule has 172 valence electrons. The highest BCUT2D eigenvalue weighted by Crippen LogP contribution is 2.38. The maximum atomic E-state index is 5.00. The molecule has 8 heteroatoms. The van der Waals surface area contributed by atoms with Crippen LogP contribution in [0.25, 0.3) is 11.3 Å². The maximum Gasteiger partial charge on any atom is 0.163 e. The van der Waals surface area contributed by atoms with Gasteiger partial charge in [0, 0.05) is 30.6 Å². The number of hydrogen-bond donors (Lipinski definition) is 3. The summed E-state index contributed by atoms with van der Waals surface area (Å²) in [4.78, 5) is 9.82. The molecule has 0 bridgehead atoms. The number of rotatable bonds is 7. The number of pyridine rings is 1. The predicted octanol–water partition coefficient (Wildman–Crippen LogP) is 3.98. The zero-order valence-electron chi connectivity index (χ0n) is 19.2. The molecule has 1 aliphatic heterocycles. The van der Waals surface area contributed by atoms with Crippen LogP contribution in [0, 0.1) is 12.8 Å². The minimum atomic E-state index is 0.587. The number of nitrogens with one attached hydrogen (secondary N) is 3. The molecule has 2 fully saturated rings. The number of anilines is 2. The van der Waals surface area contributed by atoms with Crippen LogP contribution in [0.1, 0.15) is 54.8 Å². The molecule has 33 heavy (non-hydrogen) atoms. The number of hydrogen-bond acceptors (Lipinski definition) is 6. The monoisotopic (exact) mass is 444 g/mol. The average Bonchev–Trinajstić information content (AvgIpc) is 3.41. The van der Waals surface area contributed by atoms with Gasteiger partial charge in [-0.3, -0.25) is 0 Å². The van der Waals surface area contributed by atoms with Crippen molar-refractivity contribution in [3.63, 3.8) is 0 Å². The summed E-state index contributed by atoms with van der Waals surface area (Å²) in [6.45, 7) is 5.91. The molecule has 6 rings (SSSR count). The fraction of sp³-hybridized carbons (Fsp3) is 0.480. The van der Waals surface area contributed by atoms with Gasteiger partial charge in [0.2, 0.25) is 0 Å². The zero-order valence-corrected chi connectivity index (χ0v) is 19.2. The Morgan fingerprint density at radius 3 is 2.76 bits per heavy atom. The summed E-state index contributed by atoms with van der Waals surface area (Å²) in [5.74, 6) is 3.16. The molecule has 0 amide bonds. The van der Waals surface area contributed by atoms with Gasteiger partial charge >= 0.3 is 0 Å². The summed E-state index contributed by atoms with van der Waals surface area (Å²) in [5.41, 5.74) is 5.44. The minimum Gasteiger partial charge on any atom is -0.370 e. The topological polar surface area (TPSA) is 83.6 Å². The molecule has 5 heterocycles. The maximum absolute atomic E-state index is 5.00. The highest BCUT2D eigenvalue weighted by atomic mass is 15.3. The summed E-state index contributed by atoms with van der Waals surface area (Å²) in [7, 11) is 0. The summed E-state index contributed by atoms with van der Waals surface area (Å²) in [5, 5.41) is 15.4. The van der Waals surface area contributed by atoms with Gasteiger partial charge in [0.15, 0.2) is 5.65 Å². The lowest BCUT2D eigenvalue weighted by Crippen LogP contribution is -2.31. The molecule has 0 spiro atoms. The number of fused-ring (bicyclic) bond motifs is 2. The first-order valence-electron chi connectivity index (χ1n) is 12.2. The summed E-state index contributed by atoms with van der Waals surface area (Å²) in [6, 6.07) is 6.24. The first-order valence-corrected chi connectivity index (χ1v) is 12.2. The molecule has 3 N–H and O–H groups in total. The first kappa shape index (κ1) is 20.5. The second-order valence-corrected chi connectivity index (χ2v) is 9.57. The standard InChI is InChI=1S/C25H32N8/c1-17-4-3-11-32-16-20(30-24(17)32)14-28-23-12-22(27-13-18-7-9-26-10-8-18)31-25-21(15-29-33(23)25)19-5-2-6-19/h3-4,11-12,15-16,18-19,26,28H,2,5-10,13-14H2,1H3,(H,27,31). The number of piperidine rings is 1. The number of nitrogens with zero attached hydrogens (tertiary/aromatic N) is 5. The van der Waals surface area contributed by atoms with E-state index in [0.717, 1.165) is 48.3 Å². The zero-order chi connectivity index (χ0) is 22.2. The largest absolute Gasteiger partial charge is 0.370 e. The Labute approximate surface area is 193 Å². The van der Waals surface area contributed by atoms with Gasteiger partial charge in [-0.2, -0.15) is 9.61 Å². The Hall–Kier alpha value is -3.13. The van der Waals surface area contributed by atoms with Crippen LogP contribution in [-0.4, -0.2) is 43.6 Å². The molecule has 4 aromatic heterocycles. The van der Waals surface area contributed by atoms with E-state index in [1.165, 1.54) is 43.2 Å².